The summed E-state index contributed by atoms with van der Waals surface area (Å²) in [5, 5.41) is 14.9. The molecule has 23 heavy (non-hydrogen) atoms. The minimum atomic E-state index is -0.553. The molecular formula is C16H11BrN2O4. The summed E-state index contributed by atoms with van der Waals surface area (Å²) in [4.78, 5) is 23.8. The summed E-state index contributed by atoms with van der Waals surface area (Å²) >= 11 is 3.32. The molecule has 0 saturated carbocycles. The Morgan fingerprint density at radius 1 is 1.09 bits per heavy atom. The molecule has 0 saturated heterocycles. The number of carbonyl (C=O) groups is 1. The van der Waals surface area contributed by atoms with Crippen molar-refractivity contribution in [3.05, 3.63) is 63.4 Å². The van der Waals surface area contributed by atoms with Crippen LogP contribution in [0.25, 0.3) is 11.0 Å². The molecule has 0 atom stereocenters. The molecule has 3 aromatic rings. The Balaban J connectivity index is 1.82. The van der Waals surface area contributed by atoms with Gasteiger partial charge >= 0.3 is 6.03 Å². The molecule has 0 fully saturated rings. The second-order valence-electron chi connectivity index (χ2n) is 4.75. The molecule has 1 heterocycles. The minimum absolute atomic E-state index is 0.185. The van der Waals surface area contributed by atoms with E-state index in [-0.39, 0.29) is 5.39 Å². The van der Waals surface area contributed by atoms with Crippen molar-refractivity contribution in [2.45, 2.75) is 0 Å². The molecule has 0 spiro atoms. The first-order chi connectivity index (χ1) is 11.0. The average Bonchev–Trinajstić information content (AvgIpc) is 2.51. The fraction of sp³-hybridized carbons (Fsp3) is 0. The van der Waals surface area contributed by atoms with Crippen LogP contribution in [0.4, 0.5) is 16.2 Å². The van der Waals surface area contributed by atoms with Gasteiger partial charge in [-0.05, 0) is 36.4 Å². The number of carbonyl (C=O) groups excluding carboxylic acids is 1. The number of halogens is 1. The highest BCUT2D eigenvalue weighted by Gasteiger charge is 2.08. The van der Waals surface area contributed by atoms with Gasteiger partial charge in [-0.1, -0.05) is 22.0 Å². The highest BCUT2D eigenvalue weighted by Crippen LogP contribution is 2.20. The van der Waals surface area contributed by atoms with Gasteiger partial charge in [0.1, 0.15) is 11.8 Å². The third-order valence-electron chi connectivity index (χ3n) is 3.09. The first kappa shape index (κ1) is 15.1. The highest BCUT2D eigenvalue weighted by molar-refractivity contribution is 9.10. The number of urea groups is 1. The fourth-order valence-electron chi connectivity index (χ4n) is 2.06. The van der Waals surface area contributed by atoms with Gasteiger partial charge < -0.3 is 20.2 Å². The summed E-state index contributed by atoms with van der Waals surface area (Å²) in [6, 6.07) is 11.3. The number of hydrogen-bond donors (Lipinski definition) is 3. The number of nitrogens with one attached hydrogen (secondary N) is 2. The van der Waals surface area contributed by atoms with E-state index in [9.17, 15) is 14.7 Å². The number of aromatic hydroxyl groups is 1. The molecule has 0 aliphatic heterocycles. The van der Waals surface area contributed by atoms with Crippen LogP contribution in [0.3, 0.4) is 0 Å². The third-order valence-corrected chi connectivity index (χ3v) is 3.59. The second-order valence-corrected chi connectivity index (χ2v) is 5.67. The fourth-order valence-corrected chi connectivity index (χ4v) is 2.46. The van der Waals surface area contributed by atoms with E-state index in [1.807, 2.05) is 6.07 Å². The van der Waals surface area contributed by atoms with Crippen molar-refractivity contribution in [3.8, 4) is 5.75 Å². The Bertz CT molecular complexity index is 952. The monoisotopic (exact) mass is 374 g/mol. The quantitative estimate of drug-likeness (QED) is 0.634. The lowest BCUT2D eigenvalue weighted by atomic mass is 10.2. The Kier molecular flexibility index (Phi) is 4.03. The summed E-state index contributed by atoms with van der Waals surface area (Å²) in [7, 11) is 0. The summed E-state index contributed by atoms with van der Waals surface area (Å²) in [6.45, 7) is 0. The summed E-state index contributed by atoms with van der Waals surface area (Å²) in [5.41, 5.74) is 0.797. The lowest BCUT2D eigenvalue weighted by Gasteiger charge is -2.08. The van der Waals surface area contributed by atoms with E-state index in [2.05, 4.69) is 26.6 Å². The van der Waals surface area contributed by atoms with E-state index in [4.69, 9.17) is 4.42 Å². The minimum Gasteiger partial charge on any atom is -0.502 e. The van der Waals surface area contributed by atoms with Crippen LogP contribution in [0.2, 0.25) is 0 Å². The largest absolute Gasteiger partial charge is 0.502 e. The van der Waals surface area contributed by atoms with Gasteiger partial charge in [0.15, 0.2) is 5.75 Å². The summed E-state index contributed by atoms with van der Waals surface area (Å²) in [6.07, 6.45) is 0.984. The number of hydrogen-bond acceptors (Lipinski definition) is 4. The molecular weight excluding hydrogens is 364 g/mol. The first-order valence-corrected chi connectivity index (χ1v) is 7.40. The van der Waals surface area contributed by atoms with Gasteiger partial charge in [0.05, 0.1) is 5.39 Å². The topological polar surface area (TPSA) is 91.6 Å². The van der Waals surface area contributed by atoms with E-state index >= 15 is 0 Å². The molecule has 2 aromatic carbocycles. The Hall–Kier alpha value is -2.80. The zero-order chi connectivity index (χ0) is 16.4. The van der Waals surface area contributed by atoms with Crippen LogP contribution in [0.15, 0.2) is 62.4 Å². The Morgan fingerprint density at radius 2 is 1.83 bits per heavy atom. The van der Waals surface area contributed by atoms with Gasteiger partial charge in [-0.25, -0.2) is 4.79 Å². The van der Waals surface area contributed by atoms with Crippen LogP contribution in [0.1, 0.15) is 0 Å². The van der Waals surface area contributed by atoms with E-state index < -0.39 is 17.2 Å². The van der Waals surface area contributed by atoms with E-state index in [0.717, 1.165) is 10.7 Å². The lowest BCUT2D eigenvalue weighted by molar-refractivity contribution is 0.262. The van der Waals surface area contributed by atoms with Crippen molar-refractivity contribution in [3.63, 3.8) is 0 Å². The second kappa shape index (κ2) is 6.13. The summed E-state index contributed by atoms with van der Waals surface area (Å²) in [5.74, 6) is -0.478. The Labute approximate surface area is 138 Å². The van der Waals surface area contributed by atoms with E-state index in [1.54, 1.807) is 30.3 Å². The van der Waals surface area contributed by atoms with Gasteiger partial charge in [-0.3, -0.25) is 4.79 Å². The van der Waals surface area contributed by atoms with Crippen LogP contribution in [-0.2, 0) is 0 Å². The average molecular weight is 375 g/mol. The molecule has 1 aromatic heterocycles. The van der Waals surface area contributed by atoms with Crippen LogP contribution < -0.4 is 16.1 Å². The van der Waals surface area contributed by atoms with Gasteiger partial charge in [0, 0.05) is 15.8 Å². The lowest BCUT2D eigenvalue weighted by Crippen LogP contribution is -2.19. The van der Waals surface area contributed by atoms with E-state index in [1.165, 1.54) is 6.07 Å². The molecule has 0 unspecified atom stereocenters. The molecule has 3 N–H and O–H groups in total. The van der Waals surface area contributed by atoms with Crippen molar-refractivity contribution in [1.82, 2.24) is 0 Å². The number of rotatable bonds is 2. The van der Waals surface area contributed by atoms with Gasteiger partial charge in [0.25, 0.3) is 0 Å². The van der Waals surface area contributed by atoms with Crippen molar-refractivity contribution >= 4 is 44.3 Å². The van der Waals surface area contributed by atoms with Gasteiger partial charge in [0.2, 0.25) is 5.43 Å². The van der Waals surface area contributed by atoms with Crippen LogP contribution >= 0.6 is 15.9 Å². The maximum Gasteiger partial charge on any atom is 0.323 e. The maximum absolute atomic E-state index is 12.0. The zero-order valence-electron chi connectivity index (χ0n) is 11.7. The van der Waals surface area contributed by atoms with Crippen LogP contribution in [0.5, 0.6) is 5.75 Å². The number of benzene rings is 2. The predicted octanol–water partition coefficient (Wildman–Crippen LogP) is 3.91. The smallest absolute Gasteiger partial charge is 0.323 e. The van der Waals surface area contributed by atoms with Crippen molar-refractivity contribution in [1.29, 1.82) is 0 Å². The molecule has 7 heteroatoms. The third kappa shape index (κ3) is 3.35. The molecule has 2 amide bonds. The SMILES string of the molecule is O=C(Nc1cccc(Br)c1)Nc1ccc2occ(O)c(=O)c2c1. The predicted molar refractivity (Wildman–Crippen MR) is 90.9 cm³/mol. The normalized spacial score (nSPS) is 10.5. The number of anilines is 2. The maximum atomic E-state index is 12.0. The molecule has 3 rings (SSSR count). The highest BCUT2D eigenvalue weighted by atomic mass is 79.9. The van der Waals surface area contributed by atoms with Crippen molar-refractivity contribution in [2.24, 2.45) is 0 Å². The van der Waals surface area contributed by atoms with Crippen molar-refractivity contribution < 1.29 is 14.3 Å². The zero-order valence-corrected chi connectivity index (χ0v) is 13.3. The van der Waals surface area contributed by atoms with Crippen molar-refractivity contribution in [2.75, 3.05) is 10.6 Å². The van der Waals surface area contributed by atoms with Gasteiger partial charge in [-0.15, -0.1) is 0 Å². The first-order valence-electron chi connectivity index (χ1n) is 6.61. The molecule has 0 aliphatic rings. The molecule has 116 valence electrons. The number of amides is 2. The van der Waals surface area contributed by atoms with Crippen LogP contribution in [-0.4, -0.2) is 11.1 Å². The molecule has 0 radical (unpaired) electrons. The van der Waals surface area contributed by atoms with Gasteiger partial charge in [-0.2, -0.15) is 0 Å². The van der Waals surface area contributed by atoms with E-state index in [0.29, 0.717) is 17.0 Å². The number of fused-ring (bicyclic) bond motifs is 1. The Morgan fingerprint density at radius 3 is 2.57 bits per heavy atom. The molecule has 0 bridgehead atoms. The standard InChI is InChI=1S/C16H11BrN2O4/c17-9-2-1-3-10(6-9)18-16(22)19-11-4-5-14-12(7-11)15(21)13(20)8-23-14/h1-8,20H,(H2,18,19,22). The molecule has 0 aliphatic carbocycles. The summed E-state index contributed by atoms with van der Waals surface area (Å²) < 4.78 is 5.95. The van der Waals surface area contributed by atoms with Crippen LogP contribution in [0, 0.1) is 0 Å². The molecule has 6 nitrogen and oxygen atoms in total.